The summed E-state index contributed by atoms with van der Waals surface area (Å²) in [5, 5.41) is 3.43. The number of hydrogen-bond donors (Lipinski definition) is 1. The summed E-state index contributed by atoms with van der Waals surface area (Å²) in [6, 6.07) is 6.65. The number of anilines is 1. The van der Waals surface area contributed by atoms with E-state index >= 15 is 0 Å². The minimum Gasteiger partial charge on any atom is -0.442 e. The lowest BCUT2D eigenvalue weighted by Gasteiger charge is -2.52. The first kappa shape index (κ1) is 27.9. The maximum absolute atomic E-state index is 13.4. The molecule has 7 nitrogen and oxygen atoms in total. The van der Waals surface area contributed by atoms with E-state index in [-0.39, 0.29) is 17.6 Å². The van der Waals surface area contributed by atoms with Crippen LogP contribution in [0.5, 0.6) is 0 Å². The number of para-hydroxylation sites is 1. The van der Waals surface area contributed by atoms with E-state index in [0.29, 0.717) is 17.9 Å². The van der Waals surface area contributed by atoms with Gasteiger partial charge in [0.1, 0.15) is 5.60 Å². The number of piperidine rings is 2. The van der Waals surface area contributed by atoms with Gasteiger partial charge in [0.15, 0.2) is 0 Å². The number of nitrogens with zero attached hydrogens (tertiary/aromatic N) is 3. The van der Waals surface area contributed by atoms with Crippen LogP contribution in [0.2, 0.25) is 0 Å². The van der Waals surface area contributed by atoms with Crippen LogP contribution in [-0.4, -0.2) is 84.2 Å². The van der Waals surface area contributed by atoms with Gasteiger partial charge in [-0.1, -0.05) is 51.2 Å². The zero-order valence-corrected chi connectivity index (χ0v) is 24.7. The minimum absolute atomic E-state index is 0.0551. The van der Waals surface area contributed by atoms with Gasteiger partial charge in [0.2, 0.25) is 0 Å². The first-order valence-electron chi connectivity index (χ1n) is 16.4. The largest absolute Gasteiger partial charge is 0.442 e. The van der Waals surface area contributed by atoms with Crippen LogP contribution in [-0.2, 0) is 11.2 Å². The van der Waals surface area contributed by atoms with Crippen molar-refractivity contribution >= 4 is 17.7 Å². The molecule has 1 N–H and O–H groups in total. The molecular weight excluding hydrogens is 500 g/mol. The Hall–Kier alpha value is -2.28. The zero-order valence-electron chi connectivity index (χ0n) is 24.7. The number of benzene rings is 1. The van der Waals surface area contributed by atoms with E-state index in [2.05, 4.69) is 33.0 Å². The molecule has 0 radical (unpaired) electrons. The maximum atomic E-state index is 13.4. The van der Waals surface area contributed by atoms with Gasteiger partial charge in [-0.15, -0.1) is 0 Å². The molecule has 4 heterocycles. The lowest BCUT2D eigenvalue weighted by molar-refractivity contribution is -0.127. The van der Waals surface area contributed by atoms with Crippen LogP contribution < -0.4 is 5.32 Å². The molecule has 220 valence electrons. The minimum atomic E-state index is -0.289. The van der Waals surface area contributed by atoms with Crippen LogP contribution in [0.4, 0.5) is 10.5 Å². The fourth-order valence-electron chi connectivity index (χ4n) is 8.36. The molecule has 1 atom stereocenters. The van der Waals surface area contributed by atoms with Crippen LogP contribution in [0.15, 0.2) is 18.2 Å². The number of unbranched alkanes of at least 4 members (excludes halogenated alkanes) is 1. The number of likely N-dealkylation sites (tertiary alicyclic amines) is 2. The van der Waals surface area contributed by atoms with Crippen LogP contribution in [0, 0.1) is 11.8 Å². The van der Waals surface area contributed by atoms with Crippen LogP contribution >= 0.6 is 0 Å². The second kappa shape index (κ2) is 12.3. The Morgan fingerprint density at radius 1 is 1.05 bits per heavy atom. The Bertz CT molecular complexity index is 1040. The van der Waals surface area contributed by atoms with E-state index in [1.165, 1.54) is 50.5 Å². The average molecular weight is 551 g/mol. The molecule has 4 fully saturated rings. The summed E-state index contributed by atoms with van der Waals surface area (Å²) in [7, 11) is 0. The summed E-state index contributed by atoms with van der Waals surface area (Å²) in [4.78, 5) is 33.4. The Morgan fingerprint density at radius 2 is 1.82 bits per heavy atom. The van der Waals surface area contributed by atoms with Crippen molar-refractivity contribution in [1.29, 1.82) is 0 Å². The van der Waals surface area contributed by atoms with E-state index in [0.717, 1.165) is 95.6 Å². The number of hydrogen-bond acceptors (Lipinski definition) is 5. The van der Waals surface area contributed by atoms with Gasteiger partial charge >= 0.3 is 6.09 Å². The maximum Gasteiger partial charge on any atom is 0.410 e. The molecule has 4 aliphatic heterocycles. The predicted octanol–water partition coefficient (Wildman–Crippen LogP) is 5.93. The Kier molecular flexibility index (Phi) is 8.57. The average Bonchev–Trinajstić information content (AvgIpc) is 3.48. The van der Waals surface area contributed by atoms with Gasteiger partial charge in [0.25, 0.3) is 5.91 Å². The first-order valence-corrected chi connectivity index (χ1v) is 16.4. The molecule has 1 saturated carbocycles. The monoisotopic (exact) mass is 550 g/mol. The van der Waals surface area contributed by atoms with Crippen molar-refractivity contribution < 1.29 is 14.3 Å². The quantitative estimate of drug-likeness (QED) is 0.456. The number of rotatable bonds is 7. The highest BCUT2D eigenvalue weighted by Crippen LogP contribution is 2.42. The van der Waals surface area contributed by atoms with Crippen molar-refractivity contribution in [3.05, 3.63) is 29.3 Å². The van der Waals surface area contributed by atoms with Crippen LogP contribution in [0.3, 0.4) is 0 Å². The standard InChI is InChI=1S/C33H50N4O3/c1-2-3-11-27-24-37(23-25-8-5-4-6-9-25)32(39)40-33(27)16-21-35(22-17-33)28-14-19-36(20-15-28)31(38)29-12-7-10-26-13-18-34-30(26)29/h7,10,12,25,27-28,34H,2-6,8-9,11,13-24H2,1H3/t27-/m1/s1. The fraction of sp³-hybridized carbons (Fsp3) is 0.758. The highest BCUT2D eigenvalue weighted by molar-refractivity contribution is 6.00. The molecule has 0 bridgehead atoms. The van der Waals surface area contributed by atoms with Gasteiger partial charge in [-0.05, 0) is 56.1 Å². The van der Waals surface area contributed by atoms with Crippen molar-refractivity contribution in [1.82, 2.24) is 14.7 Å². The van der Waals surface area contributed by atoms with Crippen molar-refractivity contribution in [3.8, 4) is 0 Å². The number of amides is 2. The van der Waals surface area contributed by atoms with E-state index in [1.807, 2.05) is 12.1 Å². The summed E-state index contributed by atoms with van der Waals surface area (Å²) in [6.07, 6.45) is 14.9. The lowest BCUT2D eigenvalue weighted by Crippen LogP contribution is -2.61. The summed E-state index contributed by atoms with van der Waals surface area (Å²) in [5.74, 6) is 1.27. The highest BCUT2D eigenvalue weighted by Gasteiger charge is 2.50. The molecular formula is C33H50N4O3. The van der Waals surface area contributed by atoms with Crippen molar-refractivity contribution in [2.24, 2.45) is 11.8 Å². The predicted molar refractivity (Wildman–Crippen MR) is 159 cm³/mol. The van der Waals surface area contributed by atoms with Crippen LogP contribution in [0.1, 0.15) is 99.9 Å². The smallest absolute Gasteiger partial charge is 0.410 e. The molecule has 1 aromatic carbocycles. The van der Waals surface area contributed by atoms with E-state index in [9.17, 15) is 9.59 Å². The molecule has 3 saturated heterocycles. The van der Waals surface area contributed by atoms with Gasteiger partial charge < -0.3 is 19.9 Å². The molecule has 1 aromatic rings. The zero-order chi connectivity index (χ0) is 27.5. The Morgan fingerprint density at radius 3 is 2.58 bits per heavy atom. The Labute approximate surface area is 241 Å². The first-order chi connectivity index (χ1) is 19.6. The number of fused-ring (bicyclic) bond motifs is 1. The molecule has 1 spiro atoms. The van der Waals surface area contributed by atoms with Gasteiger partial charge in [-0.3, -0.25) is 9.69 Å². The van der Waals surface area contributed by atoms with E-state index in [4.69, 9.17) is 4.74 Å². The number of carbonyl (C=O) groups excluding carboxylic acids is 2. The second-order valence-corrected chi connectivity index (χ2v) is 13.3. The number of carbonyl (C=O) groups is 2. The molecule has 7 heteroatoms. The third kappa shape index (κ3) is 5.73. The number of nitrogens with one attached hydrogen (secondary N) is 1. The molecule has 5 aliphatic rings. The molecule has 0 aromatic heterocycles. The molecule has 1 aliphatic carbocycles. The van der Waals surface area contributed by atoms with Gasteiger partial charge in [0.05, 0.1) is 11.3 Å². The molecule has 0 unspecified atom stereocenters. The van der Waals surface area contributed by atoms with Gasteiger partial charge in [0, 0.05) is 70.6 Å². The molecule has 2 amide bonds. The highest BCUT2D eigenvalue weighted by atomic mass is 16.6. The summed E-state index contributed by atoms with van der Waals surface area (Å²) < 4.78 is 6.45. The lowest BCUT2D eigenvalue weighted by atomic mass is 9.75. The fourth-order valence-corrected chi connectivity index (χ4v) is 8.36. The van der Waals surface area contributed by atoms with Crippen molar-refractivity contribution in [2.45, 2.75) is 102 Å². The normalized spacial score (nSPS) is 26.0. The van der Waals surface area contributed by atoms with E-state index in [1.54, 1.807) is 0 Å². The SMILES string of the molecule is CCCC[C@@H]1CN(CC2CCCCC2)C(=O)OC12CCN(C1CCN(C(=O)c3cccc4c3NCC4)CC1)CC2. The molecule has 6 rings (SSSR count). The summed E-state index contributed by atoms with van der Waals surface area (Å²) in [6.45, 7) is 8.59. The third-order valence-electron chi connectivity index (χ3n) is 10.8. The third-order valence-corrected chi connectivity index (χ3v) is 10.8. The Balaban J connectivity index is 1.03. The van der Waals surface area contributed by atoms with Crippen molar-refractivity contribution in [2.75, 3.05) is 51.1 Å². The van der Waals surface area contributed by atoms with Gasteiger partial charge in [-0.25, -0.2) is 4.79 Å². The number of ether oxygens (including phenoxy) is 1. The summed E-state index contributed by atoms with van der Waals surface area (Å²) in [5.41, 5.74) is 2.86. The van der Waals surface area contributed by atoms with Crippen LogP contribution in [0.25, 0.3) is 0 Å². The topological polar surface area (TPSA) is 65.1 Å². The molecule has 40 heavy (non-hydrogen) atoms. The van der Waals surface area contributed by atoms with E-state index < -0.39 is 0 Å². The summed E-state index contributed by atoms with van der Waals surface area (Å²) >= 11 is 0. The van der Waals surface area contributed by atoms with Crippen molar-refractivity contribution in [3.63, 3.8) is 0 Å². The van der Waals surface area contributed by atoms with Gasteiger partial charge in [-0.2, -0.15) is 0 Å². The second-order valence-electron chi connectivity index (χ2n) is 13.3.